The summed E-state index contributed by atoms with van der Waals surface area (Å²) in [5.74, 6) is -1.70. The summed E-state index contributed by atoms with van der Waals surface area (Å²) in [6.45, 7) is 6.34. The number of ether oxygens (including phenoxy) is 3. The minimum Gasteiger partial charge on any atom is -0.497 e. The van der Waals surface area contributed by atoms with Crippen LogP contribution in [0.2, 0.25) is 0 Å². The molecule has 31 heavy (non-hydrogen) atoms. The van der Waals surface area contributed by atoms with E-state index in [-0.39, 0.29) is 12.2 Å². The van der Waals surface area contributed by atoms with Crippen LogP contribution in [0.3, 0.4) is 0 Å². The molecule has 1 amide bonds. The summed E-state index contributed by atoms with van der Waals surface area (Å²) in [5, 5.41) is 12.0. The van der Waals surface area contributed by atoms with Crippen LogP contribution in [0.5, 0.6) is 11.5 Å². The van der Waals surface area contributed by atoms with Crippen molar-refractivity contribution < 1.29 is 33.7 Å². The summed E-state index contributed by atoms with van der Waals surface area (Å²) >= 11 is 0. The summed E-state index contributed by atoms with van der Waals surface area (Å²) in [4.78, 5) is 37.0. The fraction of sp³-hybridized carbons (Fsp3) is 0.348. The number of nitrogens with one attached hydrogen (secondary N) is 1. The Morgan fingerprint density at radius 3 is 2.13 bits per heavy atom. The van der Waals surface area contributed by atoms with Crippen LogP contribution in [0.1, 0.15) is 34.1 Å². The van der Waals surface area contributed by atoms with Gasteiger partial charge in [-0.25, -0.2) is 9.59 Å². The molecule has 8 nitrogen and oxygen atoms in total. The third kappa shape index (κ3) is 5.97. The quantitative estimate of drug-likeness (QED) is 0.481. The van der Waals surface area contributed by atoms with Gasteiger partial charge in [0.1, 0.15) is 17.1 Å². The Kier molecular flexibility index (Phi) is 7.28. The normalized spacial score (nSPS) is 12.9. The standard InChI is InChI=1S/C23H27NO7/c1-6-19(25)23(20(26)27,24-21(28)31-22(2,3)4)30-18-9-7-8-16(14-18)15-10-12-17(29-5)13-11-15/h7-14H,6H2,1-5H3,(H,24,28)(H,26,27). The Hall–Kier alpha value is -3.55. The highest BCUT2D eigenvalue weighted by Crippen LogP contribution is 2.28. The van der Waals surface area contributed by atoms with Crippen molar-refractivity contribution >= 4 is 17.8 Å². The van der Waals surface area contributed by atoms with Crippen molar-refractivity contribution in [2.45, 2.75) is 45.4 Å². The molecule has 2 rings (SSSR count). The average Bonchev–Trinajstić information content (AvgIpc) is 2.71. The zero-order valence-electron chi connectivity index (χ0n) is 18.2. The second-order valence-corrected chi connectivity index (χ2v) is 7.75. The van der Waals surface area contributed by atoms with Crippen molar-refractivity contribution in [3.8, 4) is 22.6 Å². The molecule has 2 aromatic carbocycles. The van der Waals surface area contributed by atoms with Gasteiger partial charge in [-0.2, -0.15) is 0 Å². The van der Waals surface area contributed by atoms with E-state index in [0.717, 1.165) is 11.1 Å². The molecule has 166 valence electrons. The first kappa shape index (κ1) is 23.7. The highest BCUT2D eigenvalue weighted by molar-refractivity contribution is 6.08. The number of methoxy groups -OCH3 is 1. The third-order valence-corrected chi connectivity index (χ3v) is 4.22. The smallest absolute Gasteiger partial charge is 0.411 e. The molecular weight excluding hydrogens is 402 g/mol. The highest BCUT2D eigenvalue weighted by Gasteiger charge is 2.50. The summed E-state index contributed by atoms with van der Waals surface area (Å²) < 4.78 is 15.9. The molecule has 0 aromatic heterocycles. The van der Waals surface area contributed by atoms with Crippen molar-refractivity contribution in [3.63, 3.8) is 0 Å². The zero-order chi connectivity index (χ0) is 23.2. The summed E-state index contributed by atoms with van der Waals surface area (Å²) in [6, 6.07) is 13.8. The van der Waals surface area contributed by atoms with E-state index in [1.165, 1.54) is 13.0 Å². The lowest BCUT2D eigenvalue weighted by atomic mass is 10.0. The number of hydrogen-bond donors (Lipinski definition) is 2. The Morgan fingerprint density at radius 1 is 0.968 bits per heavy atom. The van der Waals surface area contributed by atoms with E-state index in [4.69, 9.17) is 14.2 Å². The second kappa shape index (κ2) is 9.51. The molecule has 0 aliphatic carbocycles. The van der Waals surface area contributed by atoms with Crippen LogP contribution in [-0.4, -0.2) is 41.4 Å². The molecule has 0 aliphatic rings. The molecule has 0 aliphatic heterocycles. The molecule has 0 spiro atoms. The monoisotopic (exact) mass is 429 g/mol. The summed E-state index contributed by atoms with van der Waals surface area (Å²) in [6.07, 6.45) is -1.26. The molecule has 1 unspecified atom stereocenters. The van der Waals surface area contributed by atoms with Gasteiger partial charge in [-0.05, 0) is 56.2 Å². The predicted octanol–water partition coefficient (Wildman–Crippen LogP) is 4.03. The first-order valence-corrected chi connectivity index (χ1v) is 9.72. The Labute approximate surface area is 181 Å². The van der Waals surface area contributed by atoms with Gasteiger partial charge in [-0.3, -0.25) is 10.1 Å². The van der Waals surface area contributed by atoms with Crippen LogP contribution < -0.4 is 14.8 Å². The zero-order valence-corrected chi connectivity index (χ0v) is 18.2. The van der Waals surface area contributed by atoms with Gasteiger partial charge in [0.2, 0.25) is 5.78 Å². The number of hydrogen-bond acceptors (Lipinski definition) is 6. The van der Waals surface area contributed by atoms with E-state index in [1.807, 2.05) is 12.1 Å². The van der Waals surface area contributed by atoms with Gasteiger partial charge in [0.15, 0.2) is 0 Å². The lowest BCUT2D eigenvalue weighted by Gasteiger charge is -2.30. The second-order valence-electron chi connectivity index (χ2n) is 7.75. The maximum absolute atomic E-state index is 12.6. The number of Topliss-reactive ketones (excluding diaryl/α,β-unsaturated/α-hetero) is 1. The molecule has 0 bridgehead atoms. The number of rotatable bonds is 8. The molecule has 0 saturated carbocycles. The van der Waals surface area contributed by atoms with Crippen LogP contribution in [0, 0.1) is 0 Å². The fourth-order valence-corrected chi connectivity index (χ4v) is 2.76. The summed E-state index contributed by atoms with van der Waals surface area (Å²) in [5.41, 5.74) is -1.97. The van der Waals surface area contributed by atoms with Gasteiger partial charge in [-0.15, -0.1) is 0 Å². The molecule has 2 N–H and O–H groups in total. The number of amides is 1. The number of carbonyl (C=O) groups excluding carboxylic acids is 2. The SMILES string of the molecule is CCC(=O)C(NC(=O)OC(C)(C)C)(Oc1cccc(-c2ccc(OC)cc2)c1)C(=O)O. The molecule has 0 saturated heterocycles. The van der Waals surface area contributed by atoms with E-state index in [9.17, 15) is 19.5 Å². The van der Waals surface area contributed by atoms with Crippen LogP contribution in [0.15, 0.2) is 48.5 Å². The Morgan fingerprint density at radius 2 is 1.61 bits per heavy atom. The van der Waals surface area contributed by atoms with Gasteiger partial charge in [0, 0.05) is 6.42 Å². The van der Waals surface area contributed by atoms with Crippen molar-refractivity contribution in [1.82, 2.24) is 5.32 Å². The number of benzene rings is 2. The van der Waals surface area contributed by atoms with E-state index < -0.39 is 29.2 Å². The van der Waals surface area contributed by atoms with Crippen molar-refractivity contribution in [1.29, 1.82) is 0 Å². The molecule has 1 atom stereocenters. The number of aliphatic carboxylic acids is 1. The van der Waals surface area contributed by atoms with Crippen LogP contribution in [-0.2, 0) is 14.3 Å². The summed E-state index contributed by atoms with van der Waals surface area (Å²) in [7, 11) is 1.57. The van der Waals surface area contributed by atoms with Gasteiger partial charge < -0.3 is 19.3 Å². The van der Waals surface area contributed by atoms with Gasteiger partial charge >= 0.3 is 17.8 Å². The first-order valence-electron chi connectivity index (χ1n) is 9.72. The third-order valence-electron chi connectivity index (χ3n) is 4.22. The largest absolute Gasteiger partial charge is 0.497 e. The lowest BCUT2D eigenvalue weighted by Crippen LogP contribution is -2.64. The van der Waals surface area contributed by atoms with E-state index in [2.05, 4.69) is 5.32 Å². The lowest BCUT2D eigenvalue weighted by molar-refractivity contribution is -0.165. The molecule has 0 heterocycles. The highest BCUT2D eigenvalue weighted by atomic mass is 16.6. The van der Waals surface area contributed by atoms with Crippen molar-refractivity contribution in [2.75, 3.05) is 7.11 Å². The van der Waals surface area contributed by atoms with Gasteiger partial charge in [-0.1, -0.05) is 31.2 Å². The van der Waals surface area contributed by atoms with E-state index in [0.29, 0.717) is 5.75 Å². The minimum atomic E-state index is -2.63. The van der Waals surface area contributed by atoms with E-state index in [1.54, 1.807) is 58.2 Å². The minimum absolute atomic E-state index is 0.0913. The molecule has 2 aromatic rings. The maximum atomic E-state index is 12.6. The van der Waals surface area contributed by atoms with Crippen LogP contribution >= 0.6 is 0 Å². The predicted molar refractivity (Wildman–Crippen MR) is 114 cm³/mol. The number of carboxylic acids is 1. The number of carboxylic acid groups (broad SMARTS) is 1. The molecule has 0 fully saturated rings. The molecular formula is C23H27NO7. The maximum Gasteiger partial charge on any atom is 0.411 e. The van der Waals surface area contributed by atoms with Crippen LogP contribution in [0.4, 0.5) is 4.79 Å². The molecule has 0 radical (unpaired) electrons. The topological polar surface area (TPSA) is 111 Å². The fourth-order valence-electron chi connectivity index (χ4n) is 2.76. The number of alkyl carbamates (subject to hydrolysis) is 1. The first-order chi connectivity index (χ1) is 14.5. The average molecular weight is 429 g/mol. The number of ketones is 1. The van der Waals surface area contributed by atoms with Crippen molar-refractivity contribution in [3.05, 3.63) is 48.5 Å². The van der Waals surface area contributed by atoms with Gasteiger partial charge in [0.25, 0.3) is 0 Å². The van der Waals surface area contributed by atoms with Crippen molar-refractivity contribution in [2.24, 2.45) is 0 Å². The number of carbonyl (C=O) groups is 3. The Balaban J connectivity index is 2.40. The van der Waals surface area contributed by atoms with E-state index >= 15 is 0 Å². The van der Waals surface area contributed by atoms with Gasteiger partial charge in [0.05, 0.1) is 7.11 Å². The Bertz CT molecular complexity index is 947. The van der Waals surface area contributed by atoms with Crippen LogP contribution in [0.25, 0.3) is 11.1 Å². The molecule has 8 heteroatoms.